The van der Waals surface area contributed by atoms with E-state index in [-0.39, 0.29) is 42.2 Å². The first kappa shape index (κ1) is 36.5. The average molecular weight is 669 g/mol. The Labute approximate surface area is 282 Å². The molecule has 1 aliphatic heterocycles. The van der Waals surface area contributed by atoms with E-state index in [4.69, 9.17) is 4.74 Å². The van der Waals surface area contributed by atoms with Crippen molar-refractivity contribution in [3.05, 3.63) is 94.7 Å². The molecule has 2 aromatic carbocycles. The highest BCUT2D eigenvalue weighted by Crippen LogP contribution is 2.40. The van der Waals surface area contributed by atoms with Gasteiger partial charge in [0.05, 0.1) is 18.0 Å². The number of carbonyl (C=O) groups excluding carboxylic acids is 2. The van der Waals surface area contributed by atoms with Gasteiger partial charge in [0.25, 0.3) is 5.56 Å². The number of anilines is 2. The maximum Gasteiger partial charge on any atom is 0.258 e. The number of carbonyl (C=O) groups is 2. The number of hydrogen-bond acceptors (Lipinski definition) is 6. The topological polar surface area (TPSA) is 96.8 Å². The molecule has 3 heterocycles. The molecule has 246 valence electrons. The third kappa shape index (κ3) is 7.89. The van der Waals surface area contributed by atoms with Crippen molar-refractivity contribution in [3.63, 3.8) is 0 Å². The zero-order chi connectivity index (χ0) is 31.3. The Balaban J connectivity index is 0.00000288. The van der Waals surface area contributed by atoms with Crippen molar-refractivity contribution in [2.45, 2.75) is 53.1 Å². The number of nitrogens with zero attached hydrogens (tertiary/aromatic N) is 4. The molecule has 1 N–H and O–H groups in total. The van der Waals surface area contributed by atoms with Gasteiger partial charge in [-0.15, -0.1) is 24.8 Å². The van der Waals surface area contributed by atoms with Crippen molar-refractivity contribution in [1.29, 1.82) is 0 Å². The summed E-state index contributed by atoms with van der Waals surface area (Å²) in [4.78, 5) is 46.6. The summed E-state index contributed by atoms with van der Waals surface area (Å²) in [5.74, 6) is 0.247. The Morgan fingerprint density at radius 2 is 1.70 bits per heavy atom. The van der Waals surface area contributed by atoms with Gasteiger partial charge in [-0.2, -0.15) is 0 Å². The molecular weight excluding hydrogens is 625 g/mol. The van der Waals surface area contributed by atoms with Gasteiger partial charge in [-0.05, 0) is 87.5 Å². The first-order valence-corrected chi connectivity index (χ1v) is 15.3. The van der Waals surface area contributed by atoms with Crippen molar-refractivity contribution < 1.29 is 14.3 Å². The lowest BCUT2D eigenvalue weighted by atomic mass is 9.90. The van der Waals surface area contributed by atoms with Crippen molar-refractivity contribution in [1.82, 2.24) is 14.9 Å². The van der Waals surface area contributed by atoms with Crippen LogP contribution in [-0.2, 0) is 29.1 Å². The van der Waals surface area contributed by atoms with Crippen LogP contribution in [0.1, 0.15) is 44.9 Å². The molecule has 0 aliphatic carbocycles. The zero-order valence-corrected chi connectivity index (χ0v) is 28.5. The first-order chi connectivity index (χ1) is 21.2. The molecule has 0 bridgehead atoms. The van der Waals surface area contributed by atoms with Crippen molar-refractivity contribution >= 4 is 58.8 Å². The molecule has 1 aliphatic rings. The molecule has 9 nitrogen and oxygen atoms in total. The second-order valence-corrected chi connectivity index (χ2v) is 11.7. The Morgan fingerprint density at radius 3 is 2.48 bits per heavy atom. The fourth-order valence-electron chi connectivity index (χ4n) is 5.66. The Bertz CT molecular complexity index is 1730. The van der Waals surface area contributed by atoms with E-state index >= 15 is 0 Å². The molecule has 0 fully saturated rings. The van der Waals surface area contributed by atoms with Gasteiger partial charge in [-0.3, -0.25) is 19.4 Å². The van der Waals surface area contributed by atoms with E-state index in [0.29, 0.717) is 37.6 Å². The number of amides is 2. The number of aryl methyl sites for hydroxylation is 2. The van der Waals surface area contributed by atoms with Gasteiger partial charge in [0, 0.05) is 62.6 Å². The number of hydrogen-bond donors (Lipinski definition) is 1. The van der Waals surface area contributed by atoms with Crippen molar-refractivity contribution in [3.8, 4) is 5.75 Å². The summed E-state index contributed by atoms with van der Waals surface area (Å²) in [5.41, 5.74) is 2.41. The average Bonchev–Trinajstić information content (AvgIpc) is 3.08. The Morgan fingerprint density at radius 1 is 0.913 bits per heavy atom. The lowest BCUT2D eigenvalue weighted by Crippen LogP contribution is -2.47. The molecule has 0 unspecified atom stereocenters. The molecule has 2 aromatic heterocycles. The van der Waals surface area contributed by atoms with Crippen LogP contribution < -0.4 is 25.4 Å². The lowest BCUT2D eigenvalue weighted by Gasteiger charge is -2.27. The summed E-state index contributed by atoms with van der Waals surface area (Å²) in [7, 11) is 1.71. The predicted molar refractivity (Wildman–Crippen MR) is 189 cm³/mol. The molecule has 2 amide bonds. The van der Waals surface area contributed by atoms with Gasteiger partial charge in [-0.25, -0.2) is 0 Å². The highest BCUT2D eigenvalue weighted by atomic mass is 35.5. The van der Waals surface area contributed by atoms with Gasteiger partial charge in [-0.1, -0.05) is 18.2 Å². The SMILES string of the molecule is CCN1C(=O)C(C)(C)C(=O)N(C)c2cc(OCCCCNCc3ccnc(CCn4ccc5ccccc5c4=O)c3)ccc21.Cl.Cl. The van der Waals surface area contributed by atoms with Crippen LogP contribution in [0.4, 0.5) is 11.4 Å². The predicted octanol–water partition coefficient (Wildman–Crippen LogP) is 5.79. The molecule has 0 spiro atoms. The van der Waals surface area contributed by atoms with Crippen molar-refractivity contribution in [2.24, 2.45) is 5.41 Å². The first-order valence-electron chi connectivity index (χ1n) is 15.3. The number of benzene rings is 2. The number of rotatable bonds is 12. The maximum atomic E-state index is 13.1. The molecule has 46 heavy (non-hydrogen) atoms. The highest BCUT2D eigenvalue weighted by molar-refractivity contribution is 6.20. The molecular formula is C35H43Cl2N5O4. The second-order valence-electron chi connectivity index (χ2n) is 11.7. The third-order valence-corrected chi connectivity index (χ3v) is 8.26. The molecule has 0 saturated heterocycles. The van der Waals surface area contributed by atoms with Crippen LogP contribution in [0, 0.1) is 5.41 Å². The number of fused-ring (bicyclic) bond motifs is 2. The van der Waals surface area contributed by atoms with Crippen LogP contribution in [0.2, 0.25) is 0 Å². The molecule has 5 rings (SSSR count). The minimum Gasteiger partial charge on any atom is -0.494 e. The monoisotopic (exact) mass is 667 g/mol. The number of nitrogens with one attached hydrogen (secondary N) is 1. The number of aromatic nitrogens is 2. The normalized spacial score (nSPS) is 13.9. The van der Waals surface area contributed by atoms with E-state index < -0.39 is 5.41 Å². The second kappa shape index (κ2) is 16.1. The summed E-state index contributed by atoms with van der Waals surface area (Å²) in [6, 6.07) is 19.3. The van der Waals surface area contributed by atoms with E-state index in [9.17, 15) is 14.4 Å². The zero-order valence-electron chi connectivity index (χ0n) is 26.8. The number of halogens is 2. The molecule has 0 atom stereocenters. The number of unbranched alkanes of at least 4 members (excludes halogenated alkanes) is 1. The lowest BCUT2D eigenvalue weighted by molar-refractivity contribution is -0.137. The fraction of sp³-hybridized carbons (Fsp3) is 0.371. The van der Waals surface area contributed by atoms with E-state index in [1.807, 2.05) is 73.9 Å². The summed E-state index contributed by atoms with van der Waals surface area (Å²) < 4.78 is 7.77. The minimum absolute atomic E-state index is 0. The Kier molecular flexibility index (Phi) is 12.8. The van der Waals surface area contributed by atoms with Gasteiger partial charge >= 0.3 is 0 Å². The van der Waals surface area contributed by atoms with E-state index in [0.717, 1.165) is 53.6 Å². The maximum absolute atomic E-state index is 13.1. The van der Waals surface area contributed by atoms with Gasteiger partial charge in [0.1, 0.15) is 11.2 Å². The third-order valence-electron chi connectivity index (χ3n) is 8.26. The summed E-state index contributed by atoms with van der Waals surface area (Å²) >= 11 is 0. The van der Waals surface area contributed by atoms with Gasteiger partial charge in [0.2, 0.25) is 11.8 Å². The van der Waals surface area contributed by atoms with Gasteiger partial charge in [0.15, 0.2) is 0 Å². The van der Waals surface area contributed by atoms with E-state index in [2.05, 4.69) is 16.4 Å². The molecule has 11 heteroatoms. The van der Waals surface area contributed by atoms with E-state index in [1.165, 1.54) is 0 Å². The van der Waals surface area contributed by atoms with Crippen LogP contribution in [-0.4, -0.2) is 48.1 Å². The van der Waals surface area contributed by atoms with Crippen LogP contribution in [0.5, 0.6) is 5.75 Å². The summed E-state index contributed by atoms with van der Waals surface area (Å²) in [6.45, 7) is 8.47. The number of ether oxygens (including phenoxy) is 1. The van der Waals surface area contributed by atoms with Crippen LogP contribution in [0.3, 0.4) is 0 Å². The highest BCUT2D eigenvalue weighted by Gasteiger charge is 2.45. The standard InChI is InChI=1S/C35H41N5O4.2ClH/c1-5-40-30-13-12-28(23-31(30)38(4)33(42)35(2,3)34(40)43)44-21-9-8-17-36-24-25-14-18-37-27(22-25)16-20-39-19-15-26-10-6-7-11-29(26)32(39)41;;/h6-7,10-15,18-19,22-23,36H,5,8-9,16-17,20-21,24H2,1-4H3;2*1H. The van der Waals surface area contributed by atoms with Crippen LogP contribution in [0.25, 0.3) is 10.8 Å². The summed E-state index contributed by atoms with van der Waals surface area (Å²) in [6.07, 6.45) is 6.17. The largest absolute Gasteiger partial charge is 0.494 e. The van der Waals surface area contributed by atoms with Crippen LogP contribution >= 0.6 is 24.8 Å². The quantitative estimate of drug-likeness (QED) is 0.152. The fourth-order valence-corrected chi connectivity index (χ4v) is 5.66. The summed E-state index contributed by atoms with van der Waals surface area (Å²) in [5, 5.41) is 5.18. The molecule has 4 aromatic rings. The van der Waals surface area contributed by atoms with Gasteiger partial charge < -0.3 is 24.4 Å². The molecule has 0 saturated carbocycles. The number of pyridine rings is 2. The van der Waals surface area contributed by atoms with Crippen LogP contribution in [0.15, 0.2) is 77.9 Å². The van der Waals surface area contributed by atoms with E-state index in [1.54, 1.807) is 35.3 Å². The molecule has 0 radical (unpaired) electrons. The minimum atomic E-state index is -1.13. The van der Waals surface area contributed by atoms with Crippen molar-refractivity contribution in [2.75, 3.05) is 36.5 Å². The smallest absolute Gasteiger partial charge is 0.258 e. The Hall–Kier alpha value is -3.92.